The van der Waals surface area contributed by atoms with Crippen LogP contribution in [0.1, 0.15) is 22.7 Å². The Balaban J connectivity index is 1.88. The van der Waals surface area contributed by atoms with Crippen LogP contribution in [0.4, 0.5) is 5.69 Å². The van der Waals surface area contributed by atoms with Crippen molar-refractivity contribution in [1.82, 2.24) is 0 Å². The Morgan fingerprint density at radius 3 is 2.79 bits per heavy atom. The molecule has 98 valence electrons. The lowest BCUT2D eigenvalue weighted by molar-refractivity contribution is 0.282. The first-order chi connectivity index (χ1) is 9.38. The van der Waals surface area contributed by atoms with Crippen molar-refractivity contribution in [3.05, 3.63) is 65.2 Å². The smallest absolute Gasteiger partial charge is 0.0701 e. The van der Waals surface area contributed by atoms with Gasteiger partial charge in [0.1, 0.15) is 0 Å². The first kappa shape index (κ1) is 12.6. The molecule has 1 atom stereocenters. The van der Waals surface area contributed by atoms with E-state index >= 15 is 0 Å². The molecule has 2 aromatic rings. The van der Waals surface area contributed by atoms with E-state index in [1.165, 1.54) is 11.1 Å². The van der Waals surface area contributed by atoms with Crippen LogP contribution < -0.4 is 5.32 Å². The summed E-state index contributed by atoms with van der Waals surface area (Å²) < 4.78 is 0. The third-order valence-corrected chi connectivity index (χ3v) is 4.57. The Bertz CT molecular complexity index is 570. The van der Waals surface area contributed by atoms with Crippen LogP contribution in [-0.4, -0.2) is 10.9 Å². The molecule has 0 saturated carbocycles. The predicted octanol–water partition coefficient (Wildman–Crippen LogP) is 3.58. The van der Waals surface area contributed by atoms with E-state index in [1.54, 1.807) is 0 Å². The summed E-state index contributed by atoms with van der Waals surface area (Å²) >= 11 is 1.95. The number of hydrogen-bond donors (Lipinski definition) is 2. The Morgan fingerprint density at radius 1 is 1.11 bits per heavy atom. The molecule has 2 nitrogen and oxygen atoms in total. The van der Waals surface area contributed by atoms with Gasteiger partial charge in [-0.3, -0.25) is 0 Å². The molecule has 1 heterocycles. The van der Waals surface area contributed by atoms with E-state index in [1.807, 2.05) is 36.0 Å². The maximum absolute atomic E-state index is 9.40. The molecule has 3 rings (SSSR count). The van der Waals surface area contributed by atoms with E-state index in [2.05, 4.69) is 29.6 Å². The molecule has 0 bridgehead atoms. The number of thioether (sulfide) groups is 1. The van der Waals surface area contributed by atoms with Gasteiger partial charge in [0.15, 0.2) is 0 Å². The Morgan fingerprint density at radius 2 is 1.89 bits per heavy atom. The lowest BCUT2D eigenvalue weighted by atomic mass is 10.0. The highest BCUT2D eigenvalue weighted by Gasteiger charge is 2.20. The van der Waals surface area contributed by atoms with Gasteiger partial charge in [-0.25, -0.2) is 0 Å². The first-order valence-corrected chi connectivity index (χ1v) is 7.65. The standard InChI is InChI=1S/C16H17NOS/c18-9-12-5-2-4-8-15(12)17-16-11-19-10-13-6-1-3-7-14(13)16/h1-8,16-18H,9-11H2. The topological polar surface area (TPSA) is 32.3 Å². The Labute approximate surface area is 117 Å². The molecular weight excluding hydrogens is 254 g/mol. The quantitative estimate of drug-likeness (QED) is 0.895. The second kappa shape index (κ2) is 5.68. The van der Waals surface area contributed by atoms with E-state index < -0.39 is 0 Å². The number of para-hydroxylation sites is 1. The molecular formula is C16H17NOS. The molecule has 19 heavy (non-hydrogen) atoms. The lowest BCUT2D eigenvalue weighted by Gasteiger charge is -2.27. The summed E-state index contributed by atoms with van der Waals surface area (Å²) in [5.74, 6) is 2.16. The van der Waals surface area contributed by atoms with Gasteiger partial charge in [-0.2, -0.15) is 11.8 Å². The van der Waals surface area contributed by atoms with Crippen LogP contribution in [0.2, 0.25) is 0 Å². The van der Waals surface area contributed by atoms with Gasteiger partial charge in [-0.05, 0) is 17.2 Å². The molecule has 0 spiro atoms. The van der Waals surface area contributed by atoms with Crippen molar-refractivity contribution >= 4 is 17.4 Å². The maximum Gasteiger partial charge on any atom is 0.0701 e. The third-order valence-electron chi connectivity index (χ3n) is 3.49. The van der Waals surface area contributed by atoms with Crippen LogP contribution in [0.25, 0.3) is 0 Å². The number of nitrogens with one attached hydrogen (secondary N) is 1. The number of rotatable bonds is 3. The maximum atomic E-state index is 9.40. The number of hydrogen-bond acceptors (Lipinski definition) is 3. The Kier molecular flexibility index (Phi) is 3.76. The second-order valence-corrected chi connectivity index (χ2v) is 5.76. The average molecular weight is 271 g/mol. The molecule has 0 aliphatic carbocycles. The van der Waals surface area contributed by atoms with Crippen molar-refractivity contribution < 1.29 is 5.11 Å². The molecule has 0 aromatic heterocycles. The first-order valence-electron chi connectivity index (χ1n) is 6.49. The van der Waals surface area contributed by atoms with Crippen LogP contribution in [0, 0.1) is 0 Å². The summed E-state index contributed by atoms with van der Waals surface area (Å²) in [6.45, 7) is 0.0741. The normalized spacial score (nSPS) is 17.8. The zero-order valence-electron chi connectivity index (χ0n) is 10.7. The van der Waals surface area contributed by atoms with Crippen molar-refractivity contribution in [3.8, 4) is 0 Å². The summed E-state index contributed by atoms with van der Waals surface area (Å²) in [5, 5.41) is 13.0. The summed E-state index contributed by atoms with van der Waals surface area (Å²) in [4.78, 5) is 0. The monoisotopic (exact) mass is 271 g/mol. The van der Waals surface area contributed by atoms with E-state index in [0.717, 1.165) is 22.8 Å². The molecule has 0 saturated heterocycles. The highest BCUT2D eigenvalue weighted by Crippen LogP contribution is 2.34. The van der Waals surface area contributed by atoms with E-state index in [-0.39, 0.29) is 6.61 Å². The van der Waals surface area contributed by atoms with E-state index in [9.17, 15) is 5.11 Å². The van der Waals surface area contributed by atoms with Crippen molar-refractivity contribution in [1.29, 1.82) is 0 Å². The summed E-state index contributed by atoms with van der Waals surface area (Å²) in [7, 11) is 0. The minimum atomic E-state index is 0.0741. The SMILES string of the molecule is OCc1ccccc1NC1CSCc2ccccc21. The number of aliphatic hydroxyl groups excluding tert-OH is 1. The number of fused-ring (bicyclic) bond motifs is 1. The zero-order chi connectivity index (χ0) is 13.1. The van der Waals surface area contributed by atoms with Crippen molar-refractivity contribution in [2.75, 3.05) is 11.1 Å². The number of anilines is 1. The van der Waals surface area contributed by atoms with Gasteiger partial charge in [0.25, 0.3) is 0 Å². The largest absolute Gasteiger partial charge is 0.392 e. The van der Waals surface area contributed by atoms with Gasteiger partial charge < -0.3 is 10.4 Å². The van der Waals surface area contributed by atoms with E-state index in [0.29, 0.717) is 6.04 Å². The second-order valence-electron chi connectivity index (χ2n) is 4.73. The fourth-order valence-electron chi connectivity index (χ4n) is 2.49. The minimum Gasteiger partial charge on any atom is -0.392 e. The van der Waals surface area contributed by atoms with Crippen LogP contribution in [-0.2, 0) is 12.4 Å². The zero-order valence-corrected chi connectivity index (χ0v) is 11.5. The minimum absolute atomic E-state index is 0.0741. The Hall–Kier alpha value is -1.45. The summed E-state index contributed by atoms with van der Waals surface area (Å²) in [6, 6.07) is 16.9. The summed E-state index contributed by atoms with van der Waals surface area (Å²) in [6.07, 6.45) is 0. The third kappa shape index (κ3) is 2.62. The van der Waals surface area contributed by atoms with Crippen LogP contribution in [0.3, 0.4) is 0 Å². The average Bonchev–Trinajstić information content (AvgIpc) is 2.48. The number of aliphatic hydroxyl groups is 1. The van der Waals surface area contributed by atoms with Crippen LogP contribution in [0.15, 0.2) is 48.5 Å². The molecule has 1 unspecified atom stereocenters. The van der Waals surface area contributed by atoms with Crippen molar-refractivity contribution in [2.45, 2.75) is 18.4 Å². The van der Waals surface area contributed by atoms with Crippen molar-refractivity contribution in [3.63, 3.8) is 0 Å². The molecule has 2 aromatic carbocycles. The van der Waals surface area contributed by atoms with Crippen LogP contribution >= 0.6 is 11.8 Å². The van der Waals surface area contributed by atoms with Gasteiger partial charge in [-0.1, -0.05) is 42.5 Å². The van der Waals surface area contributed by atoms with Gasteiger partial charge >= 0.3 is 0 Å². The molecule has 2 N–H and O–H groups in total. The summed E-state index contributed by atoms with van der Waals surface area (Å²) in [5.41, 5.74) is 4.79. The predicted molar refractivity (Wildman–Crippen MR) is 81.3 cm³/mol. The number of benzene rings is 2. The molecule has 0 radical (unpaired) electrons. The fourth-order valence-corrected chi connectivity index (χ4v) is 3.59. The fraction of sp³-hybridized carbons (Fsp3) is 0.250. The molecule has 0 fully saturated rings. The van der Waals surface area contributed by atoms with Gasteiger partial charge in [0, 0.05) is 22.8 Å². The highest BCUT2D eigenvalue weighted by atomic mass is 32.2. The molecule has 1 aliphatic rings. The van der Waals surface area contributed by atoms with E-state index in [4.69, 9.17) is 0 Å². The molecule has 3 heteroatoms. The van der Waals surface area contributed by atoms with Gasteiger partial charge in [0.2, 0.25) is 0 Å². The molecule has 0 amide bonds. The lowest BCUT2D eigenvalue weighted by Crippen LogP contribution is -2.19. The molecule has 1 aliphatic heterocycles. The van der Waals surface area contributed by atoms with Gasteiger partial charge in [-0.15, -0.1) is 0 Å². The van der Waals surface area contributed by atoms with Crippen molar-refractivity contribution in [2.24, 2.45) is 0 Å². The highest BCUT2D eigenvalue weighted by molar-refractivity contribution is 7.98. The van der Waals surface area contributed by atoms with Crippen LogP contribution in [0.5, 0.6) is 0 Å². The van der Waals surface area contributed by atoms with Gasteiger partial charge in [0.05, 0.1) is 12.6 Å².